The summed E-state index contributed by atoms with van der Waals surface area (Å²) in [7, 11) is 1.65. The highest BCUT2D eigenvalue weighted by Gasteiger charge is 2.05. The first-order valence-electron chi connectivity index (χ1n) is 7.92. The van der Waals surface area contributed by atoms with Gasteiger partial charge in [0.2, 0.25) is 0 Å². The van der Waals surface area contributed by atoms with E-state index in [4.69, 9.17) is 4.74 Å². The van der Waals surface area contributed by atoms with E-state index >= 15 is 0 Å². The van der Waals surface area contributed by atoms with Gasteiger partial charge in [0.15, 0.2) is 5.78 Å². The minimum atomic E-state index is 0.173. The van der Waals surface area contributed by atoms with Gasteiger partial charge in [-0.15, -0.1) is 0 Å². The van der Waals surface area contributed by atoms with Gasteiger partial charge >= 0.3 is 0 Å². The van der Waals surface area contributed by atoms with Crippen molar-refractivity contribution in [2.24, 2.45) is 0 Å². The average molecular weight is 320 g/mol. The number of hydrogen-bond acceptors (Lipinski definition) is 4. The zero-order chi connectivity index (χ0) is 16.8. The number of fused-ring (bicyclic) bond motifs is 1. The lowest BCUT2D eigenvalue weighted by atomic mass is 10.0. The molecule has 0 atom stereocenters. The lowest BCUT2D eigenvalue weighted by molar-refractivity contribution is -0.117. The van der Waals surface area contributed by atoms with Gasteiger partial charge < -0.3 is 10.1 Å². The van der Waals surface area contributed by atoms with Crippen molar-refractivity contribution in [1.29, 1.82) is 0 Å². The zero-order valence-electron chi connectivity index (χ0n) is 13.7. The average Bonchev–Trinajstić information content (AvgIpc) is 2.62. The van der Waals surface area contributed by atoms with Crippen LogP contribution in [-0.4, -0.2) is 24.4 Å². The molecule has 0 aliphatic heterocycles. The molecule has 0 saturated heterocycles. The number of nitrogens with one attached hydrogen (secondary N) is 1. The SMILES string of the molecule is COc1cccc(CNCC(=O)Cc2ccc3cnccc3c2)c1. The van der Waals surface area contributed by atoms with Crippen LogP contribution < -0.4 is 10.1 Å². The quantitative estimate of drug-likeness (QED) is 0.726. The second-order valence-electron chi connectivity index (χ2n) is 5.73. The van der Waals surface area contributed by atoms with Crippen molar-refractivity contribution in [3.8, 4) is 5.75 Å². The molecule has 2 aromatic carbocycles. The van der Waals surface area contributed by atoms with Gasteiger partial charge in [0, 0.05) is 30.7 Å². The van der Waals surface area contributed by atoms with E-state index in [-0.39, 0.29) is 5.78 Å². The molecule has 3 aromatic rings. The van der Waals surface area contributed by atoms with Crippen molar-refractivity contribution in [3.63, 3.8) is 0 Å². The fourth-order valence-corrected chi connectivity index (χ4v) is 2.66. The lowest BCUT2D eigenvalue weighted by Gasteiger charge is -2.07. The summed E-state index contributed by atoms with van der Waals surface area (Å²) in [6.45, 7) is 0.998. The number of carbonyl (C=O) groups is 1. The van der Waals surface area contributed by atoms with Crippen LogP contribution in [0.25, 0.3) is 10.8 Å². The Morgan fingerprint density at radius 3 is 2.88 bits per heavy atom. The van der Waals surface area contributed by atoms with E-state index in [0.29, 0.717) is 19.5 Å². The maximum atomic E-state index is 12.2. The van der Waals surface area contributed by atoms with Crippen molar-refractivity contribution < 1.29 is 9.53 Å². The minimum Gasteiger partial charge on any atom is -0.497 e. The van der Waals surface area contributed by atoms with Gasteiger partial charge in [-0.1, -0.05) is 30.3 Å². The third kappa shape index (κ3) is 4.18. The van der Waals surface area contributed by atoms with Crippen molar-refractivity contribution in [2.45, 2.75) is 13.0 Å². The van der Waals surface area contributed by atoms with Gasteiger partial charge in [0.25, 0.3) is 0 Å². The second kappa shape index (κ2) is 7.70. The van der Waals surface area contributed by atoms with Crippen LogP contribution in [0.3, 0.4) is 0 Å². The normalized spacial score (nSPS) is 10.7. The summed E-state index contributed by atoms with van der Waals surface area (Å²) in [5, 5.41) is 5.39. The number of ketones is 1. The Morgan fingerprint density at radius 1 is 1.08 bits per heavy atom. The van der Waals surface area contributed by atoms with Crippen LogP contribution in [-0.2, 0) is 17.8 Å². The number of nitrogens with zero attached hydrogens (tertiary/aromatic N) is 1. The van der Waals surface area contributed by atoms with E-state index in [2.05, 4.69) is 16.4 Å². The summed E-state index contributed by atoms with van der Waals surface area (Å²) in [5.41, 5.74) is 2.13. The molecule has 0 bridgehead atoms. The Bertz CT molecular complexity index is 846. The Hall–Kier alpha value is -2.72. The molecule has 122 valence electrons. The van der Waals surface area contributed by atoms with E-state index in [9.17, 15) is 4.79 Å². The lowest BCUT2D eigenvalue weighted by Crippen LogP contribution is -2.23. The zero-order valence-corrected chi connectivity index (χ0v) is 13.7. The third-order valence-corrected chi connectivity index (χ3v) is 3.89. The smallest absolute Gasteiger partial charge is 0.150 e. The predicted molar refractivity (Wildman–Crippen MR) is 95.2 cm³/mol. The number of carbonyl (C=O) groups excluding carboxylic acids is 1. The van der Waals surface area contributed by atoms with Gasteiger partial charge in [-0.05, 0) is 34.7 Å². The van der Waals surface area contributed by atoms with Crippen molar-refractivity contribution in [2.75, 3.05) is 13.7 Å². The van der Waals surface area contributed by atoms with E-state index in [0.717, 1.165) is 27.6 Å². The van der Waals surface area contributed by atoms with Crippen LogP contribution in [0.5, 0.6) is 5.75 Å². The number of ether oxygens (including phenoxy) is 1. The van der Waals surface area contributed by atoms with Crippen LogP contribution in [0.2, 0.25) is 0 Å². The molecular weight excluding hydrogens is 300 g/mol. The molecular formula is C20H20N2O2. The summed E-state index contributed by atoms with van der Waals surface area (Å²) in [4.78, 5) is 16.3. The summed E-state index contributed by atoms with van der Waals surface area (Å²) >= 11 is 0. The largest absolute Gasteiger partial charge is 0.497 e. The number of pyridine rings is 1. The van der Waals surface area contributed by atoms with Gasteiger partial charge in [0.05, 0.1) is 13.7 Å². The molecule has 1 heterocycles. The minimum absolute atomic E-state index is 0.173. The predicted octanol–water partition coefficient (Wildman–Crippen LogP) is 3.14. The van der Waals surface area contributed by atoms with Gasteiger partial charge in [-0.3, -0.25) is 9.78 Å². The highest BCUT2D eigenvalue weighted by molar-refractivity contribution is 5.86. The first kappa shape index (κ1) is 16.1. The molecule has 0 unspecified atom stereocenters. The topological polar surface area (TPSA) is 51.2 Å². The first-order chi connectivity index (χ1) is 11.7. The van der Waals surface area contributed by atoms with Crippen molar-refractivity contribution in [3.05, 3.63) is 72.1 Å². The van der Waals surface area contributed by atoms with Crippen LogP contribution in [0.4, 0.5) is 0 Å². The van der Waals surface area contributed by atoms with Crippen LogP contribution >= 0.6 is 0 Å². The van der Waals surface area contributed by atoms with Gasteiger partial charge in [-0.25, -0.2) is 0 Å². The Labute approximate surface area is 141 Å². The molecule has 0 radical (unpaired) electrons. The van der Waals surface area contributed by atoms with Gasteiger partial charge in [0.1, 0.15) is 5.75 Å². The number of rotatable bonds is 7. The molecule has 0 saturated carbocycles. The molecule has 0 spiro atoms. The number of methoxy groups -OCH3 is 1. The molecule has 0 aliphatic rings. The second-order valence-corrected chi connectivity index (χ2v) is 5.73. The third-order valence-electron chi connectivity index (χ3n) is 3.89. The first-order valence-corrected chi connectivity index (χ1v) is 7.92. The monoisotopic (exact) mass is 320 g/mol. The molecule has 4 nitrogen and oxygen atoms in total. The highest BCUT2D eigenvalue weighted by atomic mass is 16.5. The number of benzene rings is 2. The van der Waals surface area contributed by atoms with Crippen molar-refractivity contribution in [1.82, 2.24) is 10.3 Å². The van der Waals surface area contributed by atoms with Crippen LogP contribution in [0, 0.1) is 0 Å². The highest BCUT2D eigenvalue weighted by Crippen LogP contribution is 2.15. The summed E-state index contributed by atoms with van der Waals surface area (Å²) in [6, 6.07) is 15.8. The fourth-order valence-electron chi connectivity index (χ4n) is 2.66. The molecule has 1 aromatic heterocycles. The van der Waals surface area contributed by atoms with Crippen LogP contribution in [0.1, 0.15) is 11.1 Å². The fraction of sp³-hybridized carbons (Fsp3) is 0.200. The molecule has 0 amide bonds. The Kier molecular flexibility index (Phi) is 5.18. The summed E-state index contributed by atoms with van der Waals surface area (Å²) < 4.78 is 5.20. The summed E-state index contributed by atoms with van der Waals surface area (Å²) in [6.07, 6.45) is 4.03. The Morgan fingerprint density at radius 2 is 2.00 bits per heavy atom. The molecule has 3 rings (SSSR count). The molecule has 0 aliphatic carbocycles. The molecule has 24 heavy (non-hydrogen) atoms. The maximum Gasteiger partial charge on any atom is 0.150 e. The van der Waals surface area contributed by atoms with E-state index in [1.807, 2.05) is 48.7 Å². The van der Waals surface area contributed by atoms with E-state index in [1.165, 1.54) is 0 Å². The van der Waals surface area contributed by atoms with Crippen molar-refractivity contribution >= 4 is 16.6 Å². The number of aromatic nitrogens is 1. The molecule has 1 N–H and O–H groups in total. The van der Waals surface area contributed by atoms with E-state index < -0.39 is 0 Å². The molecule has 0 fully saturated rings. The number of Topliss-reactive ketones (excluding diaryl/α,β-unsaturated/α-hetero) is 1. The Balaban J connectivity index is 1.53. The number of hydrogen-bond donors (Lipinski definition) is 1. The summed E-state index contributed by atoms with van der Waals surface area (Å²) in [5.74, 6) is 0.998. The maximum absolute atomic E-state index is 12.2. The van der Waals surface area contributed by atoms with Crippen LogP contribution in [0.15, 0.2) is 60.9 Å². The van der Waals surface area contributed by atoms with Gasteiger partial charge in [-0.2, -0.15) is 0 Å². The van der Waals surface area contributed by atoms with E-state index in [1.54, 1.807) is 13.3 Å². The molecule has 4 heteroatoms. The standard InChI is InChI=1S/C20H20N2O2/c1-24-20-4-2-3-16(11-20)12-22-14-19(23)10-15-5-6-18-13-21-8-7-17(18)9-15/h2-9,11,13,22H,10,12,14H2,1H3.